The number of hydrogen-bond acceptors (Lipinski definition) is 5. The predicted molar refractivity (Wildman–Crippen MR) is 119 cm³/mol. The summed E-state index contributed by atoms with van der Waals surface area (Å²) in [5, 5.41) is 8.65. The highest BCUT2D eigenvalue weighted by Gasteiger charge is 2.33. The number of aromatic nitrogens is 5. The zero-order valence-electron chi connectivity index (χ0n) is 18.6. The van der Waals surface area contributed by atoms with Gasteiger partial charge in [0.1, 0.15) is 4.90 Å². The first kappa shape index (κ1) is 21.7. The molecule has 1 saturated heterocycles. The zero-order valence-corrected chi connectivity index (χ0v) is 19.4. The molecule has 0 aromatic carbocycles. The van der Waals surface area contributed by atoms with Crippen LogP contribution in [0.2, 0.25) is 0 Å². The van der Waals surface area contributed by atoms with Crippen LogP contribution in [0.1, 0.15) is 49.2 Å². The third-order valence-electron chi connectivity index (χ3n) is 5.79. The Hall–Kier alpha value is -2.52. The molecule has 0 N–H and O–H groups in total. The Labute approximate surface area is 184 Å². The summed E-state index contributed by atoms with van der Waals surface area (Å²) in [5.41, 5.74) is 4.52. The van der Waals surface area contributed by atoms with Crippen molar-refractivity contribution in [2.75, 3.05) is 13.1 Å². The Morgan fingerprint density at radius 2 is 1.97 bits per heavy atom. The zero-order chi connectivity index (χ0) is 22.2. The summed E-state index contributed by atoms with van der Waals surface area (Å²) >= 11 is 0. The Kier molecular flexibility index (Phi) is 5.98. The lowest BCUT2D eigenvalue weighted by Crippen LogP contribution is -2.39. The van der Waals surface area contributed by atoms with Crippen LogP contribution in [0.5, 0.6) is 0 Å². The van der Waals surface area contributed by atoms with E-state index in [9.17, 15) is 8.42 Å². The highest BCUT2D eigenvalue weighted by molar-refractivity contribution is 7.89. The molecule has 0 unspecified atom stereocenters. The summed E-state index contributed by atoms with van der Waals surface area (Å²) in [4.78, 5) is 5.07. The van der Waals surface area contributed by atoms with Crippen molar-refractivity contribution in [2.45, 2.75) is 57.4 Å². The van der Waals surface area contributed by atoms with Gasteiger partial charge in [-0.1, -0.05) is 6.92 Å². The Balaban J connectivity index is 1.61. The smallest absolute Gasteiger partial charge is 0.246 e. The molecule has 31 heavy (non-hydrogen) atoms. The van der Waals surface area contributed by atoms with Crippen LogP contribution in [0, 0.1) is 13.8 Å². The summed E-state index contributed by atoms with van der Waals surface area (Å²) in [7, 11) is -1.70. The molecule has 0 saturated carbocycles. The molecule has 3 aromatic heterocycles. The molecule has 0 amide bonds. The predicted octanol–water partition coefficient (Wildman–Crippen LogP) is 3.27. The summed E-state index contributed by atoms with van der Waals surface area (Å²) in [6.45, 7) is 7.47. The number of sulfonamides is 1. The van der Waals surface area contributed by atoms with Gasteiger partial charge in [0.15, 0.2) is 0 Å². The standard InChI is InChI=1S/C22H30N6O2S/c1-5-8-27-15-22(17(3)25-27)31(29,30)28-9-6-7-18(14-28)21-11-19(10-16(2)24-21)20-12-23-26(4)13-20/h10-13,15,18H,5-9,14H2,1-4H3/t18-/m1/s1. The second-order valence-electron chi connectivity index (χ2n) is 8.37. The van der Waals surface area contributed by atoms with E-state index in [1.807, 2.05) is 32.4 Å². The molecule has 1 fully saturated rings. The maximum Gasteiger partial charge on any atom is 0.246 e. The lowest BCUT2D eigenvalue weighted by atomic mass is 9.93. The first-order valence-electron chi connectivity index (χ1n) is 10.8. The third kappa shape index (κ3) is 4.43. The number of hydrogen-bond donors (Lipinski definition) is 0. The van der Waals surface area contributed by atoms with Crippen LogP contribution in [0.15, 0.2) is 35.6 Å². The minimum Gasteiger partial charge on any atom is -0.275 e. The summed E-state index contributed by atoms with van der Waals surface area (Å²) in [5.74, 6) is 0.0600. The maximum atomic E-state index is 13.4. The van der Waals surface area contributed by atoms with Crippen LogP contribution >= 0.6 is 0 Å². The molecule has 4 rings (SSSR count). The second kappa shape index (κ2) is 8.55. The summed E-state index contributed by atoms with van der Waals surface area (Å²) in [6.07, 6.45) is 8.13. The summed E-state index contributed by atoms with van der Waals surface area (Å²) in [6, 6.07) is 4.12. The fraction of sp³-hybridized carbons (Fsp3) is 0.500. The van der Waals surface area contributed by atoms with Crippen molar-refractivity contribution < 1.29 is 8.42 Å². The van der Waals surface area contributed by atoms with Crippen molar-refractivity contribution in [1.29, 1.82) is 0 Å². The van der Waals surface area contributed by atoms with Gasteiger partial charge in [-0.3, -0.25) is 14.3 Å². The number of piperidine rings is 1. The Morgan fingerprint density at radius 1 is 1.16 bits per heavy atom. The Bertz CT molecular complexity index is 1180. The van der Waals surface area contributed by atoms with E-state index in [0.29, 0.717) is 30.2 Å². The topological polar surface area (TPSA) is 85.9 Å². The van der Waals surface area contributed by atoms with Crippen molar-refractivity contribution >= 4 is 10.0 Å². The molecule has 0 spiro atoms. The molecule has 1 aliphatic heterocycles. The van der Waals surface area contributed by atoms with Crippen molar-refractivity contribution in [1.82, 2.24) is 28.9 Å². The van der Waals surface area contributed by atoms with E-state index in [1.165, 1.54) is 0 Å². The highest BCUT2D eigenvalue weighted by atomic mass is 32.2. The number of pyridine rings is 1. The van der Waals surface area contributed by atoms with Crippen molar-refractivity contribution in [2.24, 2.45) is 7.05 Å². The van der Waals surface area contributed by atoms with Gasteiger partial charge in [0.05, 0.1) is 11.9 Å². The monoisotopic (exact) mass is 442 g/mol. The van der Waals surface area contributed by atoms with Gasteiger partial charge in [0.25, 0.3) is 0 Å². The molecule has 8 nitrogen and oxygen atoms in total. The van der Waals surface area contributed by atoms with Gasteiger partial charge in [0.2, 0.25) is 10.0 Å². The van der Waals surface area contributed by atoms with Gasteiger partial charge in [-0.05, 0) is 50.8 Å². The maximum absolute atomic E-state index is 13.4. The van der Waals surface area contributed by atoms with Crippen molar-refractivity contribution in [3.63, 3.8) is 0 Å². The van der Waals surface area contributed by atoms with E-state index in [1.54, 1.807) is 26.8 Å². The minimum absolute atomic E-state index is 0.0600. The van der Waals surface area contributed by atoms with Crippen LogP contribution in [0.4, 0.5) is 0 Å². The van der Waals surface area contributed by atoms with E-state index in [4.69, 9.17) is 4.98 Å². The van der Waals surface area contributed by atoms with E-state index >= 15 is 0 Å². The first-order valence-corrected chi connectivity index (χ1v) is 12.2. The van der Waals surface area contributed by atoms with Crippen molar-refractivity contribution in [3.05, 3.63) is 47.8 Å². The molecule has 4 heterocycles. The summed E-state index contributed by atoms with van der Waals surface area (Å²) < 4.78 is 31.9. The molecular weight excluding hydrogens is 412 g/mol. The van der Waals surface area contributed by atoms with Crippen LogP contribution in [0.25, 0.3) is 11.1 Å². The SMILES string of the molecule is CCCn1cc(S(=O)(=O)N2CCC[C@@H](c3cc(-c4cnn(C)c4)cc(C)n3)C2)c(C)n1. The lowest BCUT2D eigenvalue weighted by molar-refractivity contribution is 0.312. The van der Waals surface area contributed by atoms with Crippen LogP contribution in [-0.2, 0) is 23.6 Å². The molecule has 166 valence electrons. The van der Waals surface area contributed by atoms with Gasteiger partial charge in [-0.2, -0.15) is 14.5 Å². The molecular formula is C22H30N6O2S. The van der Waals surface area contributed by atoms with Gasteiger partial charge in [0, 0.05) is 61.9 Å². The average Bonchev–Trinajstić information content (AvgIpc) is 3.34. The molecule has 0 bridgehead atoms. The molecule has 1 aliphatic rings. The fourth-order valence-corrected chi connectivity index (χ4v) is 5.97. The van der Waals surface area contributed by atoms with Gasteiger partial charge in [-0.15, -0.1) is 0 Å². The third-order valence-corrected chi connectivity index (χ3v) is 7.75. The lowest BCUT2D eigenvalue weighted by Gasteiger charge is -2.31. The van der Waals surface area contributed by atoms with E-state index in [2.05, 4.69) is 23.2 Å². The number of rotatable bonds is 6. The average molecular weight is 443 g/mol. The van der Waals surface area contributed by atoms with E-state index in [-0.39, 0.29) is 5.92 Å². The molecule has 0 aliphatic carbocycles. The van der Waals surface area contributed by atoms with Crippen molar-refractivity contribution in [3.8, 4) is 11.1 Å². The number of aryl methyl sites for hydroxylation is 4. The van der Waals surface area contributed by atoms with Crippen LogP contribution < -0.4 is 0 Å². The van der Waals surface area contributed by atoms with Gasteiger partial charge in [-0.25, -0.2) is 8.42 Å². The largest absolute Gasteiger partial charge is 0.275 e. The normalized spacial score (nSPS) is 17.9. The molecule has 9 heteroatoms. The fourth-order valence-electron chi connectivity index (χ4n) is 4.28. The minimum atomic E-state index is -3.59. The van der Waals surface area contributed by atoms with E-state index < -0.39 is 10.0 Å². The Morgan fingerprint density at radius 3 is 2.68 bits per heavy atom. The van der Waals surface area contributed by atoms with Crippen LogP contribution in [-0.4, -0.2) is 50.4 Å². The first-order chi connectivity index (χ1) is 14.8. The highest BCUT2D eigenvalue weighted by Crippen LogP contribution is 2.32. The molecule has 0 radical (unpaired) electrons. The number of nitrogens with zero attached hydrogens (tertiary/aromatic N) is 6. The molecule has 3 aromatic rings. The van der Waals surface area contributed by atoms with Gasteiger partial charge >= 0.3 is 0 Å². The molecule has 1 atom stereocenters. The quantitative estimate of drug-likeness (QED) is 0.585. The van der Waals surface area contributed by atoms with Crippen LogP contribution in [0.3, 0.4) is 0 Å². The van der Waals surface area contributed by atoms with Gasteiger partial charge < -0.3 is 0 Å². The second-order valence-corrected chi connectivity index (χ2v) is 10.3. The van der Waals surface area contributed by atoms with E-state index in [0.717, 1.165) is 41.8 Å².